The van der Waals surface area contributed by atoms with E-state index in [1.807, 2.05) is 0 Å². The normalized spacial score (nSPS) is 24.9. The van der Waals surface area contributed by atoms with Crippen molar-refractivity contribution in [1.29, 1.82) is 0 Å². The van der Waals surface area contributed by atoms with Gasteiger partial charge in [0.15, 0.2) is 0 Å². The zero-order valence-corrected chi connectivity index (χ0v) is 12.8. The minimum Gasteiger partial charge on any atom is -0.311 e. The van der Waals surface area contributed by atoms with Crippen molar-refractivity contribution >= 4 is 0 Å². The van der Waals surface area contributed by atoms with Gasteiger partial charge in [-0.05, 0) is 31.7 Å². The van der Waals surface area contributed by atoms with E-state index in [0.29, 0.717) is 12.1 Å². The van der Waals surface area contributed by atoms with Crippen LogP contribution in [-0.2, 0) is 6.42 Å². The molecule has 1 aromatic rings. The van der Waals surface area contributed by atoms with Crippen LogP contribution in [0.4, 0.5) is 0 Å². The highest BCUT2D eigenvalue weighted by atomic mass is 15.2. The molecule has 1 aliphatic heterocycles. The average Bonchev–Trinajstić information content (AvgIpc) is 2.36. The summed E-state index contributed by atoms with van der Waals surface area (Å²) in [5.74, 6) is 0.720. The van der Waals surface area contributed by atoms with E-state index in [2.05, 4.69) is 62.2 Å². The smallest absolute Gasteiger partial charge is 0.0244 e. The third-order valence-electron chi connectivity index (χ3n) is 4.19. The molecule has 106 valence electrons. The van der Waals surface area contributed by atoms with Crippen molar-refractivity contribution in [3.8, 4) is 0 Å². The van der Waals surface area contributed by atoms with Gasteiger partial charge in [-0.2, -0.15) is 0 Å². The summed E-state index contributed by atoms with van der Waals surface area (Å²) in [5, 5.41) is 3.61. The predicted octanol–water partition coefficient (Wildman–Crippen LogP) is 2.86. The Morgan fingerprint density at radius 1 is 1.37 bits per heavy atom. The molecule has 1 saturated heterocycles. The molecule has 0 bridgehead atoms. The maximum Gasteiger partial charge on any atom is 0.0244 e. The summed E-state index contributed by atoms with van der Waals surface area (Å²) >= 11 is 0. The Balaban J connectivity index is 1.95. The van der Waals surface area contributed by atoms with Crippen molar-refractivity contribution in [1.82, 2.24) is 10.2 Å². The van der Waals surface area contributed by atoms with Crippen LogP contribution in [0.15, 0.2) is 24.3 Å². The molecule has 2 unspecified atom stereocenters. The van der Waals surface area contributed by atoms with E-state index in [9.17, 15) is 0 Å². The van der Waals surface area contributed by atoms with Crippen molar-refractivity contribution in [3.63, 3.8) is 0 Å². The van der Waals surface area contributed by atoms with Gasteiger partial charge in [0.25, 0.3) is 0 Å². The summed E-state index contributed by atoms with van der Waals surface area (Å²) < 4.78 is 0. The molecule has 0 aromatic heterocycles. The summed E-state index contributed by atoms with van der Waals surface area (Å²) in [4.78, 5) is 2.67. The summed E-state index contributed by atoms with van der Waals surface area (Å²) in [6.45, 7) is 12.6. The van der Waals surface area contributed by atoms with Crippen molar-refractivity contribution in [2.24, 2.45) is 5.92 Å². The predicted molar refractivity (Wildman–Crippen MR) is 82.5 cm³/mol. The molecule has 1 aliphatic rings. The zero-order valence-electron chi connectivity index (χ0n) is 12.8. The molecule has 19 heavy (non-hydrogen) atoms. The molecule has 2 rings (SSSR count). The summed E-state index contributed by atoms with van der Waals surface area (Å²) in [5.41, 5.74) is 2.83. The molecule has 1 fully saturated rings. The van der Waals surface area contributed by atoms with Crippen LogP contribution in [-0.4, -0.2) is 36.6 Å². The van der Waals surface area contributed by atoms with Crippen molar-refractivity contribution in [3.05, 3.63) is 35.4 Å². The Morgan fingerprint density at radius 3 is 2.84 bits per heavy atom. The first kappa shape index (κ1) is 14.5. The van der Waals surface area contributed by atoms with Crippen LogP contribution in [0.3, 0.4) is 0 Å². The summed E-state index contributed by atoms with van der Waals surface area (Å²) in [6.07, 6.45) is 1.16. The molecule has 0 radical (unpaired) electrons. The quantitative estimate of drug-likeness (QED) is 0.895. The lowest BCUT2D eigenvalue weighted by Gasteiger charge is -2.41. The number of benzene rings is 1. The molecule has 2 nitrogen and oxygen atoms in total. The van der Waals surface area contributed by atoms with Gasteiger partial charge in [0.1, 0.15) is 0 Å². The van der Waals surface area contributed by atoms with Crippen molar-refractivity contribution in [2.75, 3.05) is 19.6 Å². The molecule has 0 saturated carbocycles. The molecule has 2 heteroatoms. The Hall–Kier alpha value is -0.860. The van der Waals surface area contributed by atoms with Crippen LogP contribution in [0, 0.1) is 12.8 Å². The zero-order chi connectivity index (χ0) is 13.8. The van der Waals surface area contributed by atoms with Gasteiger partial charge in [-0.3, -0.25) is 4.90 Å². The lowest BCUT2D eigenvalue weighted by molar-refractivity contribution is 0.104. The highest BCUT2D eigenvalue weighted by Crippen LogP contribution is 2.16. The minimum atomic E-state index is 0.618. The lowest BCUT2D eigenvalue weighted by atomic mass is 9.98. The molecule has 1 aromatic carbocycles. The Morgan fingerprint density at radius 2 is 2.16 bits per heavy atom. The first-order chi connectivity index (χ1) is 9.06. The summed E-state index contributed by atoms with van der Waals surface area (Å²) in [6, 6.07) is 10.2. The largest absolute Gasteiger partial charge is 0.311 e. The Bertz CT molecular complexity index is 400. The Kier molecular flexibility index (Phi) is 5.00. The number of hydrogen-bond donors (Lipinski definition) is 1. The van der Waals surface area contributed by atoms with Gasteiger partial charge in [-0.25, -0.2) is 0 Å². The van der Waals surface area contributed by atoms with Crippen LogP contribution < -0.4 is 5.32 Å². The molecule has 1 N–H and O–H groups in total. The lowest BCUT2D eigenvalue weighted by Crippen LogP contribution is -2.57. The van der Waals surface area contributed by atoms with E-state index in [1.165, 1.54) is 24.2 Å². The van der Waals surface area contributed by atoms with Gasteiger partial charge in [0.2, 0.25) is 0 Å². The Labute approximate surface area is 118 Å². The maximum absolute atomic E-state index is 3.61. The highest BCUT2D eigenvalue weighted by Gasteiger charge is 2.27. The fraction of sp³-hybridized carbons (Fsp3) is 0.647. The molecule has 0 amide bonds. The van der Waals surface area contributed by atoms with Gasteiger partial charge in [0.05, 0.1) is 0 Å². The molecular weight excluding hydrogens is 232 g/mol. The molecule has 2 atom stereocenters. The van der Waals surface area contributed by atoms with Crippen LogP contribution in [0.5, 0.6) is 0 Å². The van der Waals surface area contributed by atoms with E-state index < -0.39 is 0 Å². The van der Waals surface area contributed by atoms with Gasteiger partial charge in [-0.15, -0.1) is 0 Å². The number of piperazine rings is 1. The van der Waals surface area contributed by atoms with E-state index in [4.69, 9.17) is 0 Å². The second-order valence-corrected chi connectivity index (χ2v) is 6.35. The van der Waals surface area contributed by atoms with Crippen LogP contribution >= 0.6 is 0 Å². The number of aryl methyl sites for hydroxylation is 1. The standard InChI is InChI=1S/C17H28N2/c1-13(2)17-11-18-15(4)12-19(17)9-8-16-7-5-6-14(3)10-16/h5-7,10,13,15,17-18H,8-9,11-12H2,1-4H3. The molecule has 1 heterocycles. The average molecular weight is 260 g/mol. The number of rotatable bonds is 4. The topological polar surface area (TPSA) is 15.3 Å². The van der Waals surface area contributed by atoms with Gasteiger partial charge >= 0.3 is 0 Å². The maximum atomic E-state index is 3.61. The number of hydrogen-bond acceptors (Lipinski definition) is 2. The first-order valence-electron chi connectivity index (χ1n) is 7.59. The molecule has 0 spiro atoms. The monoisotopic (exact) mass is 260 g/mol. The van der Waals surface area contributed by atoms with Gasteiger partial charge < -0.3 is 5.32 Å². The second kappa shape index (κ2) is 6.53. The molecule has 0 aliphatic carbocycles. The van der Waals surface area contributed by atoms with Crippen LogP contribution in [0.1, 0.15) is 31.9 Å². The first-order valence-corrected chi connectivity index (χ1v) is 7.59. The minimum absolute atomic E-state index is 0.618. The van der Waals surface area contributed by atoms with Crippen molar-refractivity contribution < 1.29 is 0 Å². The third-order valence-corrected chi connectivity index (χ3v) is 4.19. The number of nitrogens with one attached hydrogen (secondary N) is 1. The fourth-order valence-corrected chi connectivity index (χ4v) is 3.06. The van der Waals surface area contributed by atoms with Crippen molar-refractivity contribution in [2.45, 2.75) is 46.2 Å². The van der Waals surface area contributed by atoms with E-state index >= 15 is 0 Å². The van der Waals surface area contributed by atoms with Gasteiger partial charge in [-0.1, -0.05) is 43.7 Å². The number of nitrogens with zero attached hydrogens (tertiary/aromatic N) is 1. The van der Waals surface area contributed by atoms with Crippen LogP contribution in [0.2, 0.25) is 0 Å². The van der Waals surface area contributed by atoms with E-state index in [-0.39, 0.29) is 0 Å². The van der Waals surface area contributed by atoms with E-state index in [1.54, 1.807) is 0 Å². The van der Waals surface area contributed by atoms with E-state index in [0.717, 1.165) is 18.9 Å². The highest BCUT2D eigenvalue weighted by molar-refractivity contribution is 5.22. The third kappa shape index (κ3) is 4.05. The second-order valence-electron chi connectivity index (χ2n) is 6.35. The summed E-state index contributed by atoms with van der Waals surface area (Å²) in [7, 11) is 0. The fourth-order valence-electron chi connectivity index (χ4n) is 3.06. The van der Waals surface area contributed by atoms with Crippen LogP contribution in [0.25, 0.3) is 0 Å². The van der Waals surface area contributed by atoms with Gasteiger partial charge in [0, 0.05) is 31.7 Å². The SMILES string of the molecule is Cc1cccc(CCN2CC(C)NCC2C(C)C)c1. The molecular formula is C17H28N2.